The number of benzene rings is 1. The topological polar surface area (TPSA) is 75.3 Å². The molecule has 0 unspecified atom stereocenters. The van der Waals surface area contributed by atoms with E-state index in [2.05, 4.69) is 15.3 Å². The second-order valence-corrected chi connectivity index (χ2v) is 6.80. The maximum Gasteiger partial charge on any atom is 0.223 e. The molecular formula is C21H20FN5O. The van der Waals surface area contributed by atoms with Gasteiger partial charge in [-0.2, -0.15) is 0 Å². The van der Waals surface area contributed by atoms with E-state index in [-0.39, 0.29) is 18.5 Å². The standard InChI is InChI=1S/C21H20FN5O/c1-13(2)24-21-23-9-7-17(25-21)20-19(15-3-5-16(22)6-4-15)26-18-11-14(12-28)8-10-27(18)20/h3-11,13,28H,12H2,1-2H3,(H,23,24,25). The highest BCUT2D eigenvalue weighted by molar-refractivity contribution is 5.80. The SMILES string of the molecule is CC(C)Nc1nccc(-c2c(-c3ccc(F)cc3)nc3cc(CO)ccn23)n1. The van der Waals surface area contributed by atoms with Crippen molar-refractivity contribution in [1.29, 1.82) is 0 Å². The van der Waals surface area contributed by atoms with Gasteiger partial charge in [-0.05, 0) is 61.9 Å². The molecule has 1 aromatic carbocycles. The zero-order chi connectivity index (χ0) is 19.7. The van der Waals surface area contributed by atoms with Gasteiger partial charge < -0.3 is 10.4 Å². The zero-order valence-electron chi connectivity index (χ0n) is 15.6. The second-order valence-electron chi connectivity index (χ2n) is 6.80. The predicted octanol–water partition coefficient (Wildman–Crippen LogP) is 3.91. The van der Waals surface area contributed by atoms with Crippen molar-refractivity contribution < 1.29 is 9.50 Å². The lowest BCUT2D eigenvalue weighted by molar-refractivity contribution is 0.282. The molecule has 0 spiro atoms. The first-order valence-corrected chi connectivity index (χ1v) is 9.03. The number of aliphatic hydroxyl groups is 1. The van der Waals surface area contributed by atoms with Crippen LogP contribution in [0.1, 0.15) is 19.4 Å². The van der Waals surface area contributed by atoms with E-state index in [4.69, 9.17) is 4.98 Å². The molecule has 4 rings (SSSR count). The lowest BCUT2D eigenvalue weighted by atomic mass is 10.1. The van der Waals surface area contributed by atoms with Gasteiger partial charge in [0.15, 0.2) is 0 Å². The van der Waals surface area contributed by atoms with Crippen molar-refractivity contribution in [2.24, 2.45) is 0 Å². The van der Waals surface area contributed by atoms with E-state index in [0.717, 1.165) is 16.8 Å². The number of imidazole rings is 1. The van der Waals surface area contributed by atoms with E-state index in [0.29, 0.717) is 23.0 Å². The molecule has 0 amide bonds. The van der Waals surface area contributed by atoms with Crippen molar-refractivity contribution in [1.82, 2.24) is 19.4 Å². The van der Waals surface area contributed by atoms with E-state index in [1.807, 2.05) is 42.6 Å². The highest BCUT2D eigenvalue weighted by Gasteiger charge is 2.18. The summed E-state index contributed by atoms with van der Waals surface area (Å²) >= 11 is 0. The van der Waals surface area contributed by atoms with E-state index < -0.39 is 0 Å². The summed E-state index contributed by atoms with van der Waals surface area (Å²) in [6.45, 7) is 3.97. The number of aromatic nitrogens is 4. The summed E-state index contributed by atoms with van der Waals surface area (Å²) in [5.74, 6) is 0.224. The number of hydrogen-bond donors (Lipinski definition) is 2. The quantitative estimate of drug-likeness (QED) is 0.552. The predicted molar refractivity (Wildman–Crippen MR) is 106 cm³/mol. The van der Waals surface area contributed by atoms with Gasteiger partial charge >= 0.3 is 0 Å². The fraction of sp³-hybridized carbons (Fsp3) is 0.190. The molecule has 0 saturated heterocycles. The Morgan fingerprint density at radius 1 is 1.11 bits per heavy atom. The van der Waals surface area contributed by atoms with Gasteiger partial charge in [0.1, 0.15) is 11.5 Å². The van der Waals surface area contributed by atoms with Crippen LogP contribution in [0.4, 0.5) is 10.3 Å². The molecule has 3 heterocycles. The van der Waals surface area contributed by atoms with Crippen LogP contribution >= 0.6 is 0 Å². The Hall–Kier alpha value is -3.32. The number of fused-ring (bicyclic) bond motifs is 1. The van der Waals surface area contributed by atoms with Crippen LogP contribution in [0.5, 0.6) is 0 Å². The van der Waals surface area contributed by atoms with Gasteiger partial charge in [0.2, 0.25) is 5.95 Å². The Morgan fingerprint density at radius 3 is 2.61 bits per heavy atom. The van der Waals surface area contributed by atoms with Gasteiger partial charge in [0.05, 0.1) is 23.7 Å². The first-order valence-electron chi connectivity index (χ1n) is 9.03. The molecule has 0 aliphatic rings. The lowest BCUT2D eigenvalue weighted by Crippen LogP contribution is -2.12. The molecule has 6 nitrogen and oxygen atoms in total. The molecule has 28 heavy (non-hydrogen) atoms. The first kappa shape index (κ1) is 18.1. The van der Waals surface area contributed by atoms with Crippen LogP contribution in [0.3, 0.4) is 0 Å². The third kappa shape index (κ3) is 3.44. The Kier molecular flexibility index (Phi) is 4.75. The van der Waals surface area contributed by atoms with Crippen LogP contribution < -0.4 is 5.32 Å². The fourth-order valence-corrected chi connectivity index (χ4v) is 3.06. The van der Waals surface area contributed by atoms with Gasteiger partial charge in [-0.1, -0.05) is 0 Å². The van der Waals surface area contributed by atoms with Gasteiger partial charge in [-0.25, -0.2) is 19.3 Å². The lowest BCUT2D eigenvalue weighted by Gasteiger charge is -2.10. The maximum atomic E-state index is 13.4. The number of rotatable bonds is 5. The summed E-state index contributed by atoms with van der Waals surface area (Å²) in [5.41, 5.74) is 4.38. The second kappa shape index (κ2) is 7.36. The van der Waals surface area contributed by atoms with Crippen molar-refractivity contribution in [3.63, 3.8) is 0 Å². The smallest absolute Gasteiger partial charge is 0.223 e. The Labute approximate surface area is 161 Å². The molecule has 0 radical (unpaired) electrons. The maximum absolute atomic E-state index is 13.4. The Bertz CT molecular complexity index is 1120. The monoisotopic (exact) mass is 377 g/mol. The van der Waals surface area contributed by atoms with Crippen LogP contribution in [-0.2, 0) is 6.61 Å². The average molecular weight is 377 g/mol. The molecule has 0 bridgehead atoms. The highest BCUT2D eigenvalue weighted by Crippen LogP contribution is 2.32. The number of pyridine rings is 1. The van der Waals surface area contributed by atoms with E-state index in [1.165, 1.54) is 12.1 Å². The van der Waals surface area contributed by atoms with Crippen molar-refractivity contribution in [3.05, 3.63) is 66.2 Å². The summed E-state index contributed by atoms with van der Waals surface area (Å²) in [4.78, 5) is 13.7. The van der Waals surface area contributed by atoms with Gasteiger partial charge in [-0.3, -0.25) is 4.40 Å². The number of anilines is 1. The summed E-state index contributed by atoms with van der Waals surface area (Å²) in [6.07, 6.45) is 3.55. The molecule has 0 aliphatic carbocycles. The van der Waals surface area contributed by atoms with Gasteiger partial charge in [-0.15, -0.1) is 0 Å². The third-order valence-electron chi connectivity index (χ3n) is 4.31. The number of hydrogen-bond acceptors (Lipinski definition) is 5. The normalized spacial score (nSPS) is 11.3. The number of halogens is 1. The van der Waals surface area contributed by atoms with Crippen LogP contribution in [0.25, 0.3) is 28.3 Å². The minimum atomic E-state index is -0.304. The van der Waals surface area contributed by atoms with E-state index in [1.54, 1.807) is 18.3 Å². The molecule has 0 aliphatic heterocycles. The van der Waals surface area contributed by atoms with E-state index >= 15 is 0 Å². The molecule has 4 aromatic rings. The van der Waals surface area contributed by atoms with Crippen LogP contribution in [0.2, 0.25) is 0 Å². The number of nitrogens with zero attached hydrogens (tertiary/aromatic N) is 4. The number of nitrogens with one attached hydrogen (secondary N) is 1. The average Bonchev–Trinajstić information content (AvgIpc) is 3.06. The van der Waals surface area contributed by atoms with Gasteiger partial charge in [0.25, 0.3) is 0 Å². The largest absolute Gasteiger partial charge is 0.392 e. The molecule has 0 atom stereocenters. The molecule has 0 saturated carbocycles. The first-order chi connectivity index (χ1) is 13.5. The fourth-order valence-electron chi connectivity index (χ4n) is 3.06. The van der Waals surface area contributed by atoms with Crippen molar-refractivity contribution in [2.45, 2.75) is 26.5 Å². The van der Waals surface area contributed by atoms with E-state index in [9.17, 15) is 9.50 Å². The number of aliphatic hydroxyl groups excluding tert-OH is 1. The Balaban J connectivity index is 1.95. The van der Waals surface area contributed by atoms with Crippen molar-refractivity contribution >= 4 is 11.6 Å². The van der Waals surface area contributed by atoms with Crippen LogP contribution in [0.15, 0.2) is 54.9 Å². The summed E-state index contributed by atoms with van der Waals surface area (Å²) < 4.78 is 15.3. The van der Waals surface area contributed by atoms with Crippen LogP contribution in [0, 0.1) is 5.82 Å². The highest BCUT2D eigenvalue weighted by atomic mass is 19.1. The minimum absolute atomic E-state index is 0.0689. The van der Waals surface area contributed by atoms with Crippen LogP contribution in [-0.4, -0.2) is 30.5 Å². The molecular weight excluding hydrogens is 357 g/mol. The third-order valence-corrected chi connectivity index (χ3v) is 4.31. The Morgan fingerprint density at radius 2 is 1.89 bits per heavy atom. The summed E-state index contributed by atoms with van der Waals surface area (Å²) in [5, 5.41) is 12.7. The van der Waals surface area contributed by atoms with Gasteiger partial charge in [0, 0.05) is 24.0 Å². The van der Waals surface area contributed by atoms with Crippen molar-refractivity contribution in [3.8, 4) is 22.6 Å². The van der Waals surface area contributed by atoms with Crippen molar-refractivity contribution in [2.75, 3.05) is 5.32 Å². The molecule has 7 heteroatoms. The molecule has 0 fully saturated rings. The zero-order valence-corrected chi connectivity index (χ0v) is 15.6. The summed E-state index contributed by atoms with van der Waals surface area (Å²) in [6, 6.07) is 11.9. The molecule has 2 N–H and O–H groups in total. The summed E-state index contributed by atoms with van der Waals surface area (Å²) in [7, 11) is 0. The molecule has 142 valence electrons. The molecule has 3 aromatic heterocycles. The minimum Gasteiger partial charge on any atom is -0.392 e.